The van der Waals surface area contributed by atoms with Gasteiger partial charge in [-0.3, -0.25) is 4.90 Å². The number of benzene rings is 1. The van der Waals surface area contributed by atoms with Crippen LogP contribution in [0.3, 0.4) is 0 Å². The van der Waals surface area contributed by atoms with Crippen LogP contribution < -0.4 is 0 Å². The van der Waals surface area contributed by atoms with E-state index in [-0.39, 0.29) is 11.8 Å². The number of rotatable bonds is 4. The van der Waals surface area contributed by atoms with E-state index in [1.165, 1.54) is 5.56 Å². The first-order chi connectivity index (χ1) is 12.2. The molecule has 3 rings (SSSR count). The van der Waals surface area contributed by atoms with Crippen LogP contribution in [0.15, 0.2) is 41.6 Å². The zero-order valence-electron chi connectivity index (χ0n) is 16.4. The van der Waals surface area contributed by atoms with E-state index in [0.29, 0.717) is 18.5 Å². The Morgan fingerprint density at radius 2 is 1.81 bits per heavy atom. The van der Waals surface area contributed by atoms with Gasteiger partial charge in [-0.25, -0.2) is 4.39 Å². The topological polar surface area (TPSA) is 30.9 Å². The SMILES string of the molecule is COC1CN(Cc2ccccc2)CCC1=C(F)B1OC(C)(C)C(C)(C)O1. The lowest BCUT2D eigenvalue weighted by atomic mass is 9.81. The van der Waals surface area contributed by atoms with Gasteiger partial charge in [-0.05, 0) is 45.3 Å². The lowest BCUT2D eigenvalue weighted by Gasteiger charge is -2.34. The summed E-state index contributed by atoms with van der Waals surface area (Å²) in [5.74, 6) is 0. The average molecular weight is 361 g/mol. The first-order valence-corrected chi connectivity index (χ1v) is 9.26. The highest BCUT2D eigenvalue weighted by Crippen LogP contribution is 2.40. The van der Waals surface area contributed by atoms with Gasteiger partial charge in [-0.15, -0.1) is 0 Å². The molecule has 0 aliphatic carbocycles. The van der Waals surface area contributed by atoms with Crippen LogP contribution in [0, 0.1) is 0 Å². The maximum atomic E-state index is 15.2. The quantitative estimate of drug-likeness (QED) is 0.764. The van der Waals surface area contributed by atoms with Gasteiger partial charge < -0.3 is 14.0 Å². The van der Waals surface area contributed by atoms with E-state index in [1.54, 1.807) is 7.11 Å². The molecule has 0 saturated carbocycles. The molecule has 0 amide bonds. The van der Waals surface area contributed by atoms with E-state index in [1.807, 2.05) is 45.9 Å². The van der Waals surface area contributed by atoms with Crippen molar-refractivity contribution >= 4 is 7.12 Å². The van der Waals surface area contributed by atoms with Crippen LogP contribution in [0.1, 0.15) is 39.7 Å². The fourth-order valence-corrected chi connectivity index (χ4v) is 3.45. The molecule has 2 aliphatic heterocycles. The normalized spacial score (nSPS) is 27.6. The van der Waals surface area contributed by atoms with Gasteiger partial charge in [0.1, 0.15) is 5.73 Å². The second kappa shape index (κ2) is 7.43. The van der Waals surface area contributed by atoms with E-state index < -0.39 is 18.3 Å². The number of likely N-dealkylation sites (tertiary alicyclic amines) is 1. The van der Waals surface area contributed by atoms with Crippen LogP contribution in [0.5, 0.6) is 0 Å². The molecule has 26 heavy (non-hydrogen) atoms. The summed E-state index contributed by atoms with van der Waals surface area (Å²) in [6, 6.07) is 10.3. The Hall–Kier alpha value is -1.21. The van der Waals surface area contributed by atoms with Crippen LogP contribution in [0.4, 0.5) is 4.39 Å². The summed E-state index contributed by atoms with van der Waals surface area (Å²) in [6.07, 6.45) is 0.327. The summed E-state index contributed by atoms with van der Waals surface area (Å²) in [6.45, 7) is 10.0. The molecule has 0 aromatic heterocycles. The predicted octanol–water partition coefficient (Wildman–Crippen LogP) is 3.76. The van der Waals surface area contributed by atoms with Gasteiger partial charge in [0.15, 0.2) is 0 Å². The zero-order valence-corrected chi connectivity index (χ0v) is 16.4. The molecule has 1 aromatic rings. The van der Waals surface area contributed by atoms with E-state index in [4.69, 9.17) is 14.0 Å². The van der Waals surface area contributed by atoms with E-state index in [9.17, 15) is 0 Å². The smallest absolute Gasteiger partial charge is 0.398 e. The third kappa shape index (κ3) is 3.88. The highest BCUT2D eigenvalue weighted by Gasteiger charge is 2.54. The van der Waals surface area contributed by atoms with Gasteiger partial charge in [-0.2, -0.15) is 0 Å². The molecule has 0 N–H and O–H groups in total. The van der Waals surface area contributed by atoms with E-state index in [0.717, 1.165) is 13.1 Å². The van der Waals surface area contributed by atoms with Crippen LogP contribution >= 0.6 is 0 Å². The van der Waals surface area contributed by atoms with E-state index in [2.05, 4.69) is 17.0 Å². The number of hydrogen-bond donors (Lipinski definition) is 0. The Kier molecular flexibility index (Phi) is 5.59. The molecule has 0 radical (unpaired) electrons. The Labute approximate surface area is 156 Å². The third-order valence-corrected chi connectivity index (χ3v) is 5.81. The van der Waals surface area contributed by atoms with Crippen LogP contribution in [0.25, 0.3) is 0 Å². The summed E-state index contributed by atoms with van der Waals surface area (Å²) >= 11 is 0. The molecule has 2 saturated heterocycles. The average Bonchev–Trinajstić information content (AvgIpc) is 2.83. The molecule has 2 fully saturated rings. The van der Waals surface area contributed by atoms with Crippen molar-refractivity contribution in [2.45, 2.75) is 58.0 Å². The van der Waals surface area contributed by atoms with Crippen molar-refractivity contribution in [3.8, 4) is 0 Å². The molecular formula is C20H29BFNO3. The highest BCUT2D eigenvalue weighted by atomic mass is 19.1. The predicted molar refractivity (Wildman–Crippen MR) is 101 cm³/mol. The number of methoxy groups -OCH3 is 1. The lowest BCUT2D eigenvalue weighted by Crippen LogP contribution is -2.41. The van der Waals surface area contributed by atoms with Crippen LogP contribution in [-0.2, 0) is 20.6 Å². The van der Waals surface area contributed by atoms with Crippen molar-refractivity contribution in [2.24, 2.45) is 0 Å². The van der Waals surface area contributed by atoms with Crippen molar-refractivity contribution in [1.82, 2.24) is 4.90 Å². The third-order valence-electron chi connectivity index (χ3n) is 5.81. The largest absolute Gasteiger partial charge is 0.525 e. The maximum absolute atomic E-state index is 15.2. The standard InChI is InChI=1S/C20H29BFNO3/c1-19(2)20(3,4)26-21(25-19)18(22)16-11-12-23(14-17(16)24-5)13-15-9-7-6-8-10-15/h6-10,17H,11-14H2,1-5H3. The van der Waals surface area contributed by atoms with Gasteiger partial charge >= 0.3 is 7.12 Å². The van der Waals surface area contributed by atoms with Gasteiger partial charge in [0.05, 0.1) is 17.3 Å². The van der Waals surface area contributed by atoms with E-state index >= 15 is 4.39 Å². The van der Waals surface area contributed by atoms with Crippen molar-refractivity contribution in [1.29, 1.82) is 0 Å². The van der Waals surface area contributed by atoms with Crippen molar-refractivity contribution in [3.05, 3.63) is 47.2 Å². The van der Waals surface area contributed by atoms with Gasteiger partial charge in [-0.1, -0.05) is 30.3 Å². The molecule has 2 heterocycles. The second-order valence-corrected chi connectivity index (χ2v) is 8.16. The maximum Gasteiger partial charge on any atom is 0.525 e. The minimum Gasteiger partial charge on any atom is -0.398 e. The highest BCUT2D eigenvalue weighted by molar-refractivity contribution is 6.53. The Morgan fingerprint density at radius 3 is 2.38 bits per heavy atom. The lowest BCUT2D eigenvalue weighted by molar-refractivity contribution is 0.00578. The summed E-state index contributed by atoms with van der Waals surface area (Å²) in [4.78, 5) is 2.30. The minimum absolute atomic E-state index is 0.286. The Morgan fingerprint density at radius 1 is 1.19 bits per heavy atom. The van der Waals surface area contributed by atoms with Crippen LogP contribution in [-0.4, -0.2) is 49.5 Å². The molecule has 1 unspecified atom stereocenters. The fourth-order valence-electron chi connectivity index (χ4n) is 3.45. The summed E-state index contributed by atoms with van der Waals surface area (Å²) in [5, 5.41) is 0. The Balaban J connectivity index is 1.72. The molecule has 1 aromatic carbocycles. The molecule has 2 aliphatic rings. The van der Waals surface area contributed by atoms with Crippen molar-refractivity contribution in [2.75, 3.05) is 20.2 Å². The van der Waals surface area contributed by atoms with Gasteiger partial charge in [0, 0.05) is 26.7 Å². The molecule has 6 heteroatoms. The molecule has 4 nitrogen and oxygen atoms in total. The van der Waals surface area contributed by atoms with Gasteiger partial charge in [0.2, 0.25) is 0 Å². The number of piperidine rings is 1. The molecule has 0 spiro atoms. The molecule has 142 valence electrons. The zero-order chi connectivity index (χ0) is 18.9. The number of nitrogens with zero attached hydrogens (tertiary/aromatic N) is 1. The molecule has 0 bridgehead atoms. The van der Waals surface area contributed by atoms with Crippen molar-refractivity contribution in [3.63, 3.8) is 0 Å². The summed E-state index contributed by atoms with van der Waals surface area (Å²) < 4.78 is 32.5. The van der Waals surface area contributed by atoms with Crippen molar-refractivity contribution < 1.29 is 18.4 Å². The first-order valence-electron chi connectivity index (χ1n) is 9.26. The number of ether oxygens (including phenoxy) is 1. The summed E-state index contributed by atoms with van der Waals surface area (Å²) in [7, 11) is 0.683. The first kappa shape index (κ1) is 19.6. The Bertz CT molecular complexity index is 646. The molecule has 1 atom stereocenters. The second-order valence-electron chi connectivity index (χ2n) is 8.16. The number of hydrogen-bond acceptors (Lipinski definition) is 4. The number of halogens is 1. The van der Waals surface area contributed by atoms with Gasteiger partial charge in [0.25, 0.3) is 0 Å². The summed E-state index contributed by atoms with van der Waals surface area (Å²) in [5.41, 5.74) is 0.490. The minimum atomic E-state index is -0.951. The van der Waals surface area contributed by atoms with Crippen LogP contribution in [0.2, 0.25) is 0 Å². The fraction of sp³-hybridized carbons (Fsp3) is 0.600. The monoisotopic (exact) mass is 361 g/mol. The molecular weight excluding hydrogens is 332 g/mol.